The molecule has 0 aromatic carbocycles. The van der Waals surface area contributed by atoms with Gasteiger partial charge in [-0.3, -0.25) is 0 Å². The van der Waals surface area contributed by atoms with Crippen LogP contribution in [0, 0.1) is 5.92 Å². The van der Waals surface area contributed by atoms with Crippen molar-refractivity contribution in [3.8, 4) is 0 Å². The Labute approximate surface area is 88.9 Å². The zero-order valence-corrected chi connectivity index (χ0v) is 10.5. The third kappa shape index (κ3) is 12.4. The van der Waals surface area contributed by atoms with Crippen LogP contribution in [0.4, 0.5) is 0 Å². The molecule has 0 nitrogen and oxygen atoms in total. The minimum Gasteiger partial charge on any atom is -0.162 e. The van der Waals surface area contributed by atoms with E-state index in [0.717, 1.165) is 5.92 Å². The van der Waals surface area contributed by atoms with Gasteiger partial charge in [0.15, 0.2) is 0 Å². The molecule has 0 aliphatic rings. The first-order valence-corrected chi connectivity index (χ1v) is 7.00. The highest BCUT2D eigenvalue weighted by molar-refractivity contribution is 7.99. The molecule has 0 atom stereocenters. The second-order valence-electron chi connectivity index (χ2n) is 4.21. The Bertz CT molecular complexity index is 89.1. The fraction of sp³-hybridized carbons (Fsp3) is 1.00. The van der Waals surface area contributed by atoms with Crippen molar-refractivity contribution in [2.24, 2.45) is 5.92 Å². The quantitative estimate of drug-likeness (QED) is 0.487. The van der Waals surface area contributed by atoms with E-state index in [2.05, 4.69) is 32.5 Å². The van der Waals surface area contributed by atoms with Crippen molar-refractivity contribution >= 4 is 11.8 Å². The van der Waals surface area contributed by atoms with Crippen LogP contribution in [0.3, 0.4) is 0 Å². The van der Waals surface area contributed by atoms with Gasteiger partial charge in [-0.2, -0.15) is 11.8 Å². The third-order valence-corrected chi connectivity index (χ3v) is 3.33. The van der Waals surface area contributed by atoms with Crippen LogP contribution in [0.25, 0.3) is 0 Å². The average Bonchev–Trinajstić information content (AvgIpc) is 2.09. The van der Waals surface area contributed by atoms with Crippen LogP contribution in [0.15, 0.2) is 0 Å². The van der Waals surface area contributed by atoms with E-state index in [1.54, 1.807) is 0 Å². The molecule has 0 amide bonds. The topological polar surface area (TPSA) is 0 Å². The standard InChI is InChI=1S/C12H26S/c1-4-5-6-7-8-10-13-11-9-12(2)3/h12H,4-11H2,1-3H3. The molecule has 0 fully saturated rings. The van der Waals surface area contributed by atoms with Crippen LogP contribution in [0.2, 0.25) is 0 Å². The summed E-state index contributed by atoms with van der Waals surface area (Å²) in [5.74, 6) is 3.63. The molecule has 0 aliphatic heterocycles. The maximum atomic E-state index is 2.31. The summed E-state index contributed by atoms with van der Waals surface area (Å²) in [6, 6.07) is 0. The number of hydrogen-bond donors (Lipinski definition) is 0. The highest BCUT2D eigenvalue weighted by atomic mass is 32.2. The Morgan fingerprint density at radius 1 is 0.923 bits per heavy atom. The number of unbranched alkanes of at least 4 members (excludes halogenated alkanes) is 4. The van der Waals surface area contributed by atoms with E-state index in [1.807, 2.05) is 0 Å². The van der Waals surface area contributed by atoms with E-state index < -0.39 is 0 Å². The van der Waals surface area contributed by atoms with Gasteiger partial charge in [-0.1, -0.05) is 46.5 Å². The van der Waals surface area contributed by atoms with Gasteiger partial charge in [0, 0.05) is 0 Å². The summed E-state index contributed by atoms with van der Waals surface area (Å²) in [6.45, 7) is 6.89. The molecule has 0 rings (SSSR count). The summed E-state index contributed by atoms with van der Waals surface area (Å²) in [7, 11) is 0. The van der Waals surface area contributed by atoms with Gasteiger partial charge in [0.05, 0.1) is 0 Å². The minimum atomic E-state index is 0.882. The molecule has 80 valence electrons. The zero-order valence-electron chi connectivity index (χ0n) is 9.64. The summed E-state index contributed by atoms with van der Waals surface area (Å²) < 4.78 is 0. The molecule has 0 radical (unpaired) electrons. The Morgan fingerprint density at radius 2 is 1.62 bits per heavy atom. The molecule has 0 aliphatic carbocycles. The maximum absolute atomic E-state index is 2.31. The zero-order chi connectivity index (χ0) is 9.94. The van der Waals surface area contributed by atoms with Crippen LogP contribution in [0.1, 0.15) is 59.3 Å². The highest BCUT2D eigenvalue weighted by Crippen LogP contribution is 2.12. The molecule has 0 aromatic rings. The summed E-state index contributed by atoms with van der Waals surface area (Å²) in [5.41, 5.74) is 0. The molecule has 0 heterocycles. The lowest BCUT2D eigenvalue weighted by molar-refractivity contribution is 0.631. The molecule has 0 aromatic heterocycles. The first-order chi connectivity index (χ1) is 6.27. The summed E-state index contributed by atoms with van der Waals surface area (Å²) in [4.78, 5) is 0. The molecule has 13 heavy (non-hydrogen) atoms. The summed E-state index contributed by atoms with van der Waals surface area (Å²) in [5, 5.41) is 0. The third-order valence-electron chi connectivity index (χ3n) is 2.23. The lowest BCUT2D eigenvalue weighted by Crippen LogP contribution is -1.91. The lowest BCUT2D eigenvalue weighted by atomic mass is 10.2. The number of thioether (sulfide) groups is 1. The SMILES string of the molecule is CCCCCCCSCCC(C)C. The van der Waals surface area contributed by atoms with Crippen LogP contribution in [-0.2, 0) is 0 Å². The fourth-order valence-electron chi connectivity index (χ4n) is 1.23. The molecule has 0 N–H and O–H groups in total. The van der Waals surface area contributed by atoms with Gasteiger partial charge in [-0.15, -0.1) is 0 Å². The number of hydrogen-bond acceptors (Lipinski definition) is 1. The van der Waals surface area contributed by atoms with Gasteiger partial charge in [0.1, 0.15) is 0 Å². The molecular weight excluding hydrogens is 176 g/mol. The van der Waals surface area contributed by atoms with Gasteiger partial charge in [-0.25, -0.2) is 0 Å². The van der Waals surface area contributed by atoms with Crippen molar-refractivity contribution in [1.29, 1.82) is 0 Å². The Balaban J connectivity index is 2.84. The summed E-state index contributed by atoms with van der Waals surface area (Å²) >= 11 is 2.14. The molecule has 0 spiro atoms. The normalized spacial score (nSPS) is 11.1. The largest absolute Gasteiger partial charge is 0.162 e. The van der Waals surface area contributed by atoms with Crippen LogP contribution < -0.4 is 0 Å². The monoisotopic (exact) mass is 202 g/mol. The molecule has 0 saturated heterocycles. The van der Waals surface area contributed by atoms with Crippen molar-refractivity contribution in [3.05, 3.63) is 0 Å². The van der Waals surface area contributed by atoms with Gasteiger partial charge in [0.2, 0.25) is 0 Å². The van der Waals surface area contributed by atoms with Gasteiger partial charge >= 0.3 is 0 Å². The molecule has 0 bridgehead atoms. The maximum Gasteiger partial charge on any atom is -0.00651 e. The van der Waals surface area contributed by atoms with Gasteiger partial charge in [0.25, 0.3) is 0 Å². The minimum absolute atomic E-state index is 0.882. The van der Waals surface area contributed by atoms with E-state index in [0.29, 0.717) is 0 Å². The Kier molecular flexibility index (Phi) is 10.7. The van der Waals surface area contributed by atoms with Crippen molar-refractivity contribution < 1.29 is 0 Å². The molecular formula is C12H26S. The van der Waals surface area contributed by atoms with Gasteiger partial charge < -0.3 is 0 Å². The van der Waals surface area contributed by atoms with E-state index >= 15 is 0 Å². The van der Waals surface area contributed by atoms with Gasteiger partial charge in [-0.05, 0) is 30.3 Å². The van der Waals surface area contributed by atoms with Crippen molar-refractivity contribution in [2.45, 2.75) is 59.3 Å². The van der Waals surface area contributed by atoms with Crippen molar-refractivity contribution in [1.82, 2.24) is 0 Å². The molecule has 0 saturated carbocycles. The second-order valence-corrected chi connectivity index (χ2v) is 5.43. The Morgan fingerprint density at radius 3 is 2.23 bits per heavy atom. The van der Waals surface area contributed by atoms with E-state index in [1.165, 1.54) is 50.0 Å². The summed E-state index contributed by atoms with van der Waals surface area (Å²) in [6.07, 6.45) is 8.50. The molecule has 1 heteroatoms. The average molecular weight is 202 g/mol. The predicted molar refractivity (Wildman–Crippen MR) is 65.5 cm³/mol. The van der Waals surface area contributed by atoms with E-state index in [-0.39, 0.29) is 0 Å². The second kappa shape index (κ2) is 10.4. The van der Waals surface area contributed by atoms with Crippen LogP contribution in [-0.4, -0.2) is 11.5 Å². The van der Waals surface area contributed by atoms with E-state index in [9.17, 15) is 0 Å². The van der Waals surface area contributed by atoms with Crippen LogP contribution >= 0.6 is 11.8 Å². The molecule has 0 unspecified atom stereocenters. The van der Waals surface area contributed by atoms with Crippen LogP contribution in [0.5, 0.6) is 0 Å². The first-order valence-electron chi connectivity index (χ1n) is 5.85. The van der Waals surface area contributed by atoms with E-state index in [4.69, 9.17) is 0 Å². The van der Waals surface area contributed by atoms with Crippen molar-refractivity contribution in [3.63, 3.8) is 0 Å². The Hall–Kier alpha value is 0.350. The smallest absolute Gasteiger partial charge is 0.00651 e. The van der Waals surface area contributed by atoms with Crippen molar-refractivity contribution in [2.75, 3.05) is 11.5 Å². The predicted octanol–water partition coefficient (Wildman–Crippen LogP) is 4.74. The number of rotatable bonds is 9. The first kappa shape index (κ1) is 13.4. The lowest BCUT2D eigenvalue weighted by Gasteiger charge is -2.04. The highest BCUT2D eigenvalue weighted by Gasteiger charge is 1.94. The fourth-order valence-corrected chi connectivity index (χ4v) is 2.48.